The summed E-state index contributed by atoms with van der Waals surface area (Å²) in [6.07, 6.45) is 4.36. The Labute approximate surface area is 129 Å². The number of halogens is 1. The van der Waals surface area contributed by atoms with E-state index < -0.39 is 0 Å². The van der Waals surface area contributed by atoms with E-state index in [0.29, 0.717) is 6.61 Å². The van der Waals surface area contributed by atoms with Crippen molar-refractivity contribution in [3.8, 4) is 0 Å². The standard InChI is InChI=1S/C15H24BrN3O/c1-5-20-15(8-6-10(2)7-9-15)14-18-11(3)12(16)13(17-4)19-14/h10H,5-9H2,1-4H3,(H,17,18,19). The minimum atomic E-state index is -0.307. The van der Waals surface area contributed by atoms with Gasteiger partial charge in [-0.25, -0.2) is 9.97 Å². The maximum Gasteiger partial charge on any atom is 0.162 e. The van der Waals surface area contributed by atoms with Crippen LogP contribution in [0.25, 0.3) is 0 Å². The summed E-state index contributed by atoms with van der Waals surface area (Å²) in [5, 5.41) is 3.13. The molecule has 0 bridgehead atoms. The number of nitrogens with one attached hydrogen (secondary N) is 1. The van der Waals surface area contributed by atoms with Crippen molar-refractivity contribution in [3.05, 3.63) is 16.0 Å². The maximum atomic E-state index is 6.13. The highest BCUT2D eigenvalue weighted by atomic mass is 79.9. The van der Waals surface area contributed by atoms with Gasteiger partial charge in [-0.3, -0.25) is 0 Å². The van der Waals surface area contributed by atoms with Crippen LogP contribution >= 0.6 is 15.9 Å². The molecule has 0 spiro atoms. The summed E-state index contributed by atoms with van der Waals surface area (Å²) in [4.78, 5) is 9.39. The normalized spacial score (nSPS) is 26.6. The monoisotopic (exact) mass is 341 g/mol. The highest BCUT2D eigenvalue weighted by molar-refractivity contribution is 9.10. The first kappa shape index (κ1) is 15.7. The van der Waals surface area contributed by atoms with E-state index in [1.54, 1.807) is 0 Å². The summed E-state index contributed by atoms with van der Waals surface area (Å²) in [5.41, 5.74) is 0.648. The molecule has 0 amide bonds. The molecule has 1 aliphatic carbocycles. The molecule has 0 radical (unpaired) electrons. The first-order valence-electron chi connectivity index (χ1n) is 7.38. The third-order valence-corrected chi connectivity index (χ3v) is 5.11. The van der Waals surface area contributed by atoms with Crippen LogP contribution in [0, 0.1) is 12.8 Å². The van der Waals surface area contributed by atoms with Crippen LogP contribution in [0.4, 0.5) is 5.82 Å². The molecule has 1 fully saturated rings. The van der Waals surface area contributed by atoms with Crippen LogP contribution in [0.1, 0.15) is 51.0 Å². The van der Waals surface area contributed by atoms with Crippen LogP contribution in [0.2, 0.25) is 0 Å². The summed E-state index contributed by atoms with van der Waals surface area (Å²) in [5.74, 6) is 2.44. The van der Waals surface area contributed by atoms with Crippen molar-refractivity contribution in [1.29, 1.82) is 0 Å². The SMILES string of the molecule is CCOC1(c2nc(C)c(Br)c(NC)n2)CCC(C)CC1. The number of ether oxygens (including phenoxy) is 1. The summed E-state index contributed by atoms with van der Waals surface area (Å²) in [7, 11) is 1.88. The average Bonchev–Trinajstić information content (AvgIpc) is 2.44. The molecule has 0 saturated heterocycles. The van der Waals surface area contributed by atoms with Gasteiger partial charge in [-0.05, 0) is 61.4 Å². The Hall–Kier alpha value is -0.680. The van der Waals surface area contributed by atoms with Crippen molar-refractivity contribution in [2.45, 2.75) is 52.1 Å². The van der Waals surface area contributed by atoms with Gasteiger partial charge in [0.25, 0.3) is 0 Å². The Bertz CT molecular complexity index is 470. The molecule has 1 aromatic rings. The lowest BCUT2D eigenvalue weighted by molar-refractivity contribution is -0.0837. The fourth-order valence-electron chi connectivity index (χ4n) is 2.87. The number of aromatic nitrogens is 2. The van der Waals surface area contributed by atoms with E-state index in [1.165, 1.54) is 12.8 Å². The average molecular weight is 342 g/mol. The van der Waals surface area contributed by atoms with Gasteiger partial charge in [-0.1, -0.05) is 6.92 Å². The van der Waals surface area contributed by atoms with Crippen LogP contribution in [0.5, 0.6) is 0 Å². The lowest BCUT2D eigenvalue weighted by Gasteiger charge is -2.38. The number of aryl methyl sites for hydroxylation is 1. The zero-order chi connectivity index (χ0) is 14.8. The predicted molar refractivity (Wildman–Crippen MR) is 85.0 cm³/mol. The molecule has 0 aliphatic heterocycles. The fraction of sp³-hybridized carbons (Fsp3) is 0.733. The Balaban J connectivity index is 2.41. The van der Waals surface area contributed by atoms with Gasteiger partial charge in [-0.15, -0.1) is 0 Å². The summed E-state index contributed by atoms with van der Waals surface area (Å²) >= 11 is 3.54. The quantitative estimate of drug-likeness (QED) is 0.897. The molecule has 112 valence electrons. The highest BCUT2D eigenvalue weighted by Crippen LogP contribution is 2.42. The van der Waals surface area contributed by atoms with Crippen LogP contribution < -0.4 is 5.32 Å². The van der Waals surface area contributed by atoms with Crippen molar-refractivity contribution in [2.24, 2.45) is 5.92 Å². The van der Waals surface area contributed by atoms with Gasteiger partial charge in [0, 0.05) is 13.7 Å². The lowest BCUT2D eigenvalue weighted by Crippen LogP contribution is -2.36. The summed E-state index contributed by atoms with van der Waals surface area (Å²) in [6.45, 7) is 7.05. The summed E-state index contributed by atoms with van der Waals surface area (Å²) in [6, 6.07) is 0. The van der Waals surface area contributed by atoms with E-state index in [9.17, 15) is 0 Å². The number of nitrogens with zero attached hydrogens (tertiary/aromatic N) is 2. The molecule has 0 atom stereocenters. The van der Waals surface area contributed by atoms with Gasteiger partial charge in [0.15, 0.2) is 5.82 Å². The Morgan fingerprint density at radius 1 is 1.35 bits per heavy atom. The molecule has 20 heavy (non-hydrogen) atoms. The molecule has 1 N–H and O–H groups in total. The van der Waals surface area contributed by atoms with E-state index in [1.807, 2.05) is 20.9 Å². The first-order valence-corrected chi connectivity index (χ1v) is 8.18. The maximum absolute atomic E-state index is 6.13. The second-order valence-corrected chi connectivity index (χ2v) is 6.45. The second kappa shape index (κ2) is 6.39. The van der Waals surface area contributed by atoms with Gasteiger partial charge in [0.1, 0.15) is 11.4 Å². The predicted octanol–water partition coefficient (Wildman–Crippen LogP) is 4.03. The highest BCUT2D eigenvalue weighted by Gasteiger charge is 2.39. The molecule has 1 heterocycles. The first-order chi connectivity index (χ1) is 9.52. The molecular weight excluding hydrogens is 318 g/mol. The van der Waals surface area contributed by atoms with Gasteiger partial charge in [-0.2, -0.15) is 0 Å². The molecule has 5 heteroatoms. The zero-order valence-electron chi connectivity index (χ0n) is 12.8. The number of rotatable bonds is 4. The van der Waals surface area contributed by atoms with E-state index in [4.69, 9.17) is 14.7 Å². The van der Waals surface area contributed by atoms with Crippen molar-refractivity contribution in [3.63, 3.8) is 0 Å². The summed E-state index contributed by atoms with van der Waals surface area (Å²) < 4.78 is 7.06. The molecule has 0 aromatic carbocycles. The van der Waals surface area contributed by atoms with Crippen molar-refractivity contribution in [2.75, 3.05) is 19.0 Å². The molecule has 2 rings (SSSR count). The van der Waals surface area contributed by atoms with Gasteiger partial charge in [0.05, 0.1) is 10.2 Å². The molecule has 1 aromatic heterocycles. The van der Waals surface area contributed by atoms with Crippen LogP contribution in [-0.4, -0.2) is 23.6 Å². The third-order valence-electron chi connectivity index (χ3n) is 4.16. The van der Waals surface area contributed by atoms with Gasteiger partial charge >= 0.3 is 0 Å². The van der Waals surface area contributed by atoms with Crippen molar-refractivity contribution >= 4 is 21.7 Å². The van der Waals surface area contributed by atoms with E-state index in [0.717, 1.165) is 40.6 Å². The molecule has 1 aliphatic rings. The molecule has 4 nitrogen and oxygen atoms in total. The molecular formula is C15H24BrN3O. The number of hydrogen-bond acceptors (Lipinski definition) is 4. The minimum Gasteiger partial charge on any atom is -0.372 e. The topological polar surface area (TPSA) is 47.0 Å². The van der Waals surface area contributed by atoms with Crippen molar-refractivity contribution in [1.82, 2.24) is 9.97 Å². The Morgan fingerprint density at radius 2 is 2.00 bits per heavy atom. The van der Waals surface area contributed by atoms with Gasteiger partial charge in [0.2, 0.25) is 0 Å². The van der Waals surface area contributed by atoms with Crippen LogP contribution in [0.3, 0.4) is 0 Å². The Kier molecular flexibility index (Phi) is 5.02. The van der Waals surface area contributed by atoms with Gasteiger partial charge < -0.3 is 10.1 Å². The zero-order valence-corrected chi connectivity index (χ0v) is 14.4. The molecule has 0 unspecified atom stereocenters. The van der Waals surface area contributed by atoms with E-state index in [-0.39, 0.29) is 5.60 Å². The smallest absolute Gasteiger partial charge is 0.162 e. The van der Waals surface area contributed by atoms with Crippen LogP contribution in [-0.2, 0) is 10.3 Å². The number of anilines is 1. The Morgan fingerprint density at radius 3 is 2.55 bits per heavy atom. The molecule has 1 saturated carbocycles. The van der Waals surface area contributed by atoms with Crippen molar-refractivity contribution < 1.29 is 4.74 Å². The fourth-order valence-corrected chi connectivity index (χ4v) is 3.24. The van der Waals surface area contributed by atoms with Crippen LogP contribution in [0.15, 0.2) is 4.47 Å². The third kappa shape index (κ3) is 2.98. The minimum absolute atomic E-state index is 0.307. The largest absolute Gasteiger partial charge is 0.372 e. The second-order valence-electron chi connectivity index (χ2n) is 5.66. The lowest BCUT2D eigenvalue weighted by atomic mass is 9.78. The van der Waals surface area contributed by atoms with E-state index >= 15 is 0 Å². The van der Waals surface area contributed by atoms with E-state index in [2.05, 4.69) is 28.2 Å². The number of hydrogen-bond donors (Lipinski definition) is 1.